The van der Waals surface area contributed by atoms with Crippen molar-refractivity contribution in [3.05, 3.63) is 109 Å². The molecule has 0 saturated heterocycles. The third kappa shape index (κ3) is 3.84. The van der Waals surface area contributed by atoms with E-state index in [4.69, 9.17) is 9.15 Å². The number of rotatable bonds is 6. The van der Waals surface area contributed by atoms with Crippen molar-refractivity contribution in [2.75, 3.05) is 0 Å². The monoisotopic (exact) mass is 360 g/mol. The highest BCUT2D eigenvalue weighted by atomic mass is 32.2. The van der Waals surface area contributed by atoms with Gasteiger partial charge in [0.15, 0.2) is 0 Å². The van der Waals surface area contributed by atoms with Gasteiger partial charge in [0.2, 0.25) is 0 Å². The van der Waals surface area contributed by atoms with E-state index in [0.717, 1.165) is 5.56 Å². The van der Waals surface area contributed by atoms with Gasteiger partial charge in [-0.05, 0) is 62.7 Å². The van der Waals surface area contributed by atoms with Crippen molar-refractivity contribution in [3.63, 3.8) is 0 Å². The number of hydrogen-bond acceptors (Lipinski definition) is 2. The summed E-state index contributed by atoms with van der Waals surface area (Å²) in [5.41, 5.74) is 1.13. The van der Waals surface area contributed by atoms with Crippen LogP contribution >= 0.6 is 10.9 Å². The van der Waals surface area contributed by atoms with E-state index < -0.39 is 10.9 Å². The van der Waals surface area contributed by atoms with E-state index in [2.05, 4.69) is 84.9 Å². The van der Waals surface area contributed by atoms with Gasteiger partial charge in [0, 0.05) is 6.07 Å². The fourth-order valence-corrected chi connectivity index (χ4v) is 5.12. The Labute approximate surface area is 156 Å². The van der Waals surface area contributed by atoms with E-state index >= 15 is 0 Å². The van der Waals surface area contributed by atoms with Gasteiger partial charge < -0.3 is 9.15 Å². The van der Waals surface area contributed by atoms with E-state index in [1.807, 2.05) is 12.1 Å². The van der Waals surface area contributed by atoms with Crippen LogP contribution in [0.15, 0.2) is 122 Å². The van der Waals surface area contributed by atoms with Gasteiger partial charge in [0.25, 0.3) is 5.95 Å². The van der Waals surface area contributed by atoms with Gasteiger partial charge in [-0.15, -0.1) is 0 Å². The van der Waals surface area contributed by atoms with Crippen LogP contribution < -0.4 is 4.74 Å². The Morgan fingerprint density at radius 1 is 0.615 bits per heavy atom. The maximum absolute atomic E-state index is 5.64. The van der Waals surface area contributed by atoms with Crippen molar-refractivity contribution < 1.29 is 9.15 Å². The number of hydrogen-bond donors (Lipinski definition) is 1. The lowest BCUT2D eigenvalue weighted by molar-refractivity contribution is 0.232. The number of benzene rings is 3. The number of thiol groups is 1. The van der Waals surface area contributed by atoms with Crippen LogP contribution in [-0.4, -0.2) is 0 Å². The van der Waals surface area contributed by atoms with Gasteiger partial charge in [-0.25, -0.2) is 0 Å². The standard InChI is InChI=1S/C23H20O2S/c1-3-8-20(9-4-1)26(21-10-5-2-6-11-21)22-15-13-19(14-16-22)18-25-23-12-7-17-24-23/h1-17,26H,18H2. The lowest BCUT2D eigenvalue weighted by atomic mass is 10.2. The molecular formula is C23H20O2S. The molecule has 0 aliphatic rings. The Kier molecular flexibility index (Phi) is 5.08. The summed E-state index contributed by atoms with van der Waals surface area (Å²) in [6, 6.07) is 33.8. The molecule has 0 fully saturated rings. The Bertz CT molecular complexity index is 878. The summed E-state index contributed by atoms with van der Waals surface area (Å²) in [5, 5.41) is 0. The average molecular weight is 360 g/mol. The molecule has 4 aromatic rings. The molecule has 1 aromatic heterocycles. The summed E-state index contributed by atoms with van der Waals surface area (Å²) >= 11 is 0. The van der Waals surface area contributed by atoms with Gasteiger partial charge in [-0.3, -0.25) is 0 Å². The largest absolute Gasteiger partial charge is 0.460 e. The van der Waals surface area contributed by atoms with Crippen molar-refractivity contribution in [2.45, 2.75) is 21.3 Å². The zero-order valence-electron chi connectivity index (χ0n) is 14.3. The van der Waals surface area contributed by atoms with Gasteiger partial charge >= 0.3 is 0 Å². The highest BCUT2D eigenvalue weighted by molar-refractivity contribution is 8.17. The zero-order chi connectivity index (χ0) is 17.6. The van der Waals surface area contributed by atoms with Crippen molar-refractivity contribution in [3.8, 4) is 5.95 Å². The fourth-order valence-electron chi connectivity index (χ4n) is 2.84. The predicted octanol–water partition coefficient (Wildman–Crippen LogP) is 6.34. The van der Waals surface area contributed by atoms with Crippen LogP contribution in [0.2, 0.25) is 0 Å². The minimum absolute atomic E-state index is 0.502. The van der Waals surface area contributed by atoms with Crippen LogP contribution in [0.4, 0.5) is 0 Å². The minimum atomic E-state index is -0.563. The molecule has 1 heterocycles. The molecule has 0 aliphatic heterocycles. The molecule has 0 spiro atoms. The predicted molar refractivity (Wildman–Crippen MR) is 106 cm³/mol. The number of ether oxygens (including phenoxy) is 1. The quantitative estimate of drug-likeness (QED) is 0.406. The molecule has 3 heteroatoms. The van der Waals surface area contributed by atoms with E-state index in [1.165, 1.54) is 14.7 Å². The van der Waals surface area contributed by atoms with Crippen LogP contribution in [0.25, 0.3) is 0 Å². The smallest absolute Gasteiger partial charge is 0.284 e. The van der Waals surface area contributed by atoms with Gasteiger partial charge in [0.05, 0.1) is 6.26 Å². The Morgan fingerprint density at radius 3 is 1.73 bits per heavy atom. The summed E-state index contributed by atoms with van der Waals surface area (Å²) in [5.74, 6) is 0.546. The molecule has 0 saturated carbocycles. The van der Waals surface area contributed by atoms with Crippen LogP contribution in [-0.2, 0) is 6.61 Å². The molecule has 26 heavy (non-hydrogen) atoms. The topological polar surface area (TPSA) is 22.4 Å². The first kappa shape index (κ1) is 16.6. The minimum Gasteiger partial charge on any atom is -0.460 e. The second-order valence-corrected chi connectivity index (χ2v) is 8.11. The van der Waals surface area contributed by atoms with Crippen LogP contribution in [0.3, 0.4) is 0 Å². The third-order valence-corrected chi connectivity index (χ3v) is 6.54. The van der Waals surface area contributed by atoms with E-state index in [1.54, 1.807) is 6.26 Å². The normalized spacial score (nSPS) is 11.2. The van der Waals surface area contributed by atoms with Crippen LogP contribution in [0.1, 0.15) is 5.56 Å². The summed E-state index contributed by atoms with van der Waals surface area (Å²) < 4.78 is 10.9. The maximum atomic E-state index is 5.64. The van der Waals surface area contributed by atoms with E-state index in [0.29, 0.717) is 12.6 Å². The molecule has 0 amide bonds. The molecule has 4 rings (SSSR count). The summed E-state index contributed by atoms with van der Waals surface area (Å²) in [7, 11) is -0.563. The molecule has 130 valence electrons. The Balaban J connectivity index is 1.60. The molecule has 0 atom stereocenters. The van der Waals surface area contributed by atoms with Crippen LogP contribution in [0.5, 0.6) is 5.95 Å². The van der Waals surface area contributed by atoms with E-state index in [9.17, 15) is 0 Å². The summed E-state index contributed by atoms with van der Waals surface area (Å²) in [6.07, 6.45) is 1.62. The van der Waals surface area contributed by atoms with Crippen molar-refractivity contribution in [1.29, 1.82) is 0 Å². The second kappa shape index (κ2) is 7.98. The lowest BCUT2D eigenvalue weighted by Gasteiger charge is -2.23. The molecule has 0 aliphatic carbocycles. The fraction of sp³-hybridized carbons (Fsp3) is 0.0435. The first-order chi connectivity index (χ1) is 12.9. The molecule has 0 radical (unpaired) electrons. The SMILES string of the molecule is c1ccc([SH](c2ccccc2)c2ccc(COc3ccco3)cc2)cc1. The van der Waals surface area contributed by atoms with Gasteiger partial charge in [-0.2, -0.15) is 10.9 Å². The third-order valence-electron chi connectivity index (χ3n) is 4.10. The first-order valence-electron chi connectivity index (χ1n) is 8.56. The molecule has 2 nitrogen and oxygen atoms in total. The molecule has 0 bridgehead atoms. The van der Waals surface area contributed by atoms with Gasteiger partial charge in [-0.1, -0.05) is 48.5 Å². The van der Waals surface area contributed by atoms with Crippen molar-refractivity contribution in [2.24, 2.45) is 0 Å². The second-order valence-electron chi connectivity index (χ2n) is 5.89. The molecular weight excluding hydrogens is 340 g/mol. The lowest BCUT2D eigenvalue weighted by Crippen LogP contribution is -1.95. The van der Waals surface area contributed by atoms with Crippen molar-refractivity contribution in [1.82, 2.24) is 0 Å². The highest BCUT2D eigenvalue weighted by Gasteiger charge is 2.12. The number of furan rings is 1. The van der Waals surface area contributed by atoms with E-state index in [-0.39, 0.29) is 0 Å². The Hall–Kier alpha value is -2.91. The summed E-state index contributed by atoms with van der Waals surface area (Å²) in [6.45, 7) is 0.502. The van der Waals surface area contributed by atoms with Crippen molar-refractivity contribution >= 4 is 10.9 Å². The Morgan fingerprint density at radius 2 is 1.19 bits per heavy atom. The highest BCUT2D eigenvalue weighted by Crippen LogP contribution is 2.50. The van der Waals surface area contributed by atoms with Crippen LogP contribution in [0, 0.1) is 0 Å². The molecule has 3 aromatic carbocycles. The molecule has 0 unspecified atom stereocenters. The van der Waals surface area contributed by atoms with Gasteiger partial charge in [0.1, 0.15) is 6.61 Å². The summed E-state index contributed by atoms with van der Waals surface area (Å²) in [4.78, 5) is 4.04. The average Bonchev–Trinajstić information content (AvgIpc) is 3.23. The first-order valence-corrected chi connectivity index (χ1v) is 9.90. The zero-order valence-corrected chi connectivity index (χ0v) is 15.2. The maximum Gasteiger partial charge on any atom is 0.284 e. The molecule has 0 N–H and O–H groups in total.